The lowest BCUT2D eigenvalue weighted by atomic mass is 9.89. The van der Waals surface area contributed by atoms with Gasteiger partial charge in [-0.15, -0.1) is 0 Å². The highest BCUT2D eigenvalue weighted by molar-refractivity contribution is 6.30. The molecule has 0 N–H and O–H groups in total. The Bertz CT molecular complexity index is 1590. The molecule has 0 aliphatic carbocycles. The normalized spacial score (nSPS) is 15.2. The number of nitrogens with zero attached hydrogens (tertiary/aromatic N) is 4. The lowest BCUT2D eigenvalue weighted by Crippen LogP contribution is -2.28. The minimum Gasteiger partial charge on any atom is -0.493 e. The number of carbonyl (C=O) groups is 2. The average Bonchev–Trinajstić information content (AvgIpc) is 3.45. The Morgan fingerprint density at radius 3 is 2.65 bits per heavy atom. The van der Waals surface area contributed by atoms with Crippen LogP contribution < -0.4 is 4.74 Å². The second-order valence-electron chi connectivity index (χ2n) is 11.7. The number of hydrogen-bond donors (Lipinski definition) is 0. The molecule has 1 atom stereocenters. The SMILES string of the molecule is Cc1nn(C(=O)OC(C)(C)C)cc1-c1ccc2c(C(=O)C3COc4ccc(Cl)cc4C3)cn(CCN(C)C)c2c1. The maximum Gasteiger partial charge on any atom is 0.435 e. The summed E-state index contributed by atoms with van der Waals surface area (Å²) in [5.41, 5.74) is 4.41. The first-order valence-corrected chi connectivity index (χ1v) is 13.8. The van der Waals surface area contributed by atoms with Gasteiger partial charge in [0, 0.05) is 52.5 Å². The largest absolute Gasteiger partial charge is 0.493 e. The maximum absolute atomic E-state index is 13.9. The molecule has 0 saturated heterocycles. The van der Waals surface area contributed by atoms with Crippen LogP contribution in [0.1, 0.15) is 42.4 Å². The molecule has 9 heteroatoms. The number of aromatic nitrogens is 3. The topological polar surface area (TPSA) is 78.6 Å². The minimum atomic E-state index is -0.621. The average molecular weight is 563 g/mol. The van der Waals surface area contributed by atoms with Crippen LogP contribution in [0.4, 0.5) is 4.79 Å². The van der Waals surface area contributed by atoms with E-state index in [9.17, 15) is 9.59 Å². The molecule has 0 amide bonds. The monoisotopic (exact) mass is 562 g/mol. The van der Waals surface area contributed by atoms with Crippen molar-refractivity contribution in [1.29, 1.82) is 0 Å². The Morgan fingerprint density at radius 2 is 1.93 bits per heavy atom. The second-order valence-corrected chi connectivity index (χ2v) is 12.1. The van der Waals surface area contributed by atoms with E-state index in [0.29, 0.717) is 29.3 Å². The lowest BCUT2D eigenvalue weighted by molar-refractivity contribution is 0.0514. The zero-order valence-electron chi connectivity index (χ0n) is 23.8. The molecule has 8 nitrogen and oxygen atoms in total. The van der Waals surface area contributed by atoms with Crippen molar-refractivity contribution in [3.05, 3.63) is 70.6 Å². The summed E-state index contributed by atoms with van der Waals surface area (Å²) in [7, 11) is 4.05. The van der Waals surface area contributed by atoms with E-state index in [1.165, 1.54) is 4.68 Å². The summed E-state index contributed by atoms with van der Waals surface area (Å²) >= 11 is 6.21. The molecule has 1 aliphatic heterocycles. The van der Waals surface area contributed by atoms with E-state index < -0.39 is 11.7 Å². The fraction of sp³-hybridized carbons (Fsp3) is 0.387. The van der Waals surface area contributed by atoms with Gasteiger partial charge in [-0.05, 0) is 83.6 Å². The third-order valence-electron chi connectivity index (χ3n) is 7.03. The zero-order valence-corrected chi connectivity index (χ0v) is 24.6. The van der Waals surface area contributed by atoms with Gasteiger partial charge >= 0.3 is 6.09 Å². The molecule has 0 fully saturated rings. The van der Waals surface area contributed by atoms with Crippen molar-refractivity contribution >= 4 is 34.4 Å². The van der Waals surface area contributed by atoms with Crippen molar-refractivity contribution in [2.45, 2.75) is 46.3 Å². The van der Waals surface area contributed by atoms with E-state index in [4.69, 9.17) is 21.1 Å². The molecule has 0 bridgehead atoms. The van der Waals surface area contributed by atoms with Crippen molar-refractivity contribution in [1.82, 2.24) is 19.2 Å². The number of rotatable bonds is 6. The number of hydrogen-bond acceptors (Lipinski definition) is 6. The molecule has 210 valence electrons. The number of benzene rings is 2. The summed E-state index contributed by atoms with van der Waals surface area (Å²) in [6.07, 6.45) is 3.72. The van der Waals surface area contributed by atoms with Crippen LogP contribution in [0.5, 0.6) is 5.75 Å². The number of aryl methyl sites for hydroxylation is 1. The Balaban J connectivity index is 1.50. The highest BCUT2D eigenvalue weighted by Crippen LogP contribution is 2.34. The molecule has 2 aromatic heterocycles. The summed E-state index contributed by atoms with van der Waals surface area (Å²) in [6, 6.07) is 11.6. The second kappa shape index (κ2) is 10.7. The van der Waals surface area contributed by atoms with Crippen LogP contribution in [-0.4, -0.2) is 64.0 Å². The molecule has 0 radical (unpaired) electrons. The smallest absolute Gasteiger partial charge is 0.435 e. The Kier molecular flexibility index (Phi) is 7.50. The van der Waals surface area contributed by atoms with Crippen molar-refractivity contribution in [2.75, 3.05) is 27.2 Å². The standard InChI is InChI=1S/C31H35ClN4O4/c1-19-25(17-36(33-19)30(38)40-31(2,3)4)20-7-9-24-26(16-35(27(24)15-20)12-11-34(5)6)29(37)22-13-21-14-23(32)8-10-28(21)39-18-22/h7-10,14-17,22H,11-13,18H2,1-6H3. The Hall–Kier alpha value is -3.62. The van der Waals surface area contributed by atoms with E-state index in [-0.39, 0.29) is 11.7 Å². The molecule has 3 heterocycles. The first kappa shape index (κ1) is 27.9. The molecular formula is C31H35ClN4O4. The van der Waals surface area contributed by atoms with Crippen LogP contribution in [0.25, 0.3) is 22.0 Å². The van der Waals surface area contributed by atoms with Gasteiger partial charge in [-0.25, -0.2) is 4.79 Å². The molecule has 1 unspecified atom stereocenters. The lowest BCUT2D eigenvalue weighted by Gasteiger charge is -2.24. The number of fused-ring (bicyclic) bond motifs is 2. The van der Waals surface area contributed by atoms with Crippen molar-refractivity contribution in [3.63, 3.8) is 0 Å². The highest BCUT2D eigenvalue weighted by atomic mass is 35.5. The van der Waals surface area contributed by atoms with E-state index in [1.807, 2.05) is 72.3 Å². The van der Waals surface area contributed by atoms with Crippen LogP contribution in [0.2, 0.25) is 5.02 Å². The van der Waals surface area contributed by atoms with Gasteiger partial charge in [-0.1, -0.05) is 23.7 Å². The van der Waals surface area contributed by atoms with Gasteiger partial charge in [0.25, 0.3) is 0 Å². The predicted molar refractivity (Wildman–Crippen MR) is 157 cm³/mol. The number of halogens is 1. The third kappa shape index (κ3) is 5.78. The van der Waals surface area contributed by atoms with E-state index in [0.717, 1.165) is 46.4 Å². The highest BCUT2D eigenvalue weighted by Gasteiger charge is 2.29. The van der Waals surface area contributed by atoms with E-state index >= 15 is 0 Å². The van der Waals surface area contributed by atoms with Gasteiger partial charge < -0.3 is 18.9 Å². The first-order valence-electron chi connectivity index (χ1n) is 13.4. The molecule has 5 rings (SSSR count). The fourth-order valence-corrected chi connectivity index (χ4v) is 5.24. The zero-order chi connectivity index (χ0) is 28.8. The summed E-state index contributed by atoms with van der Waals surface area (Å²) in [4.78, 5) is 28.6. The summed E-state index contributed by atoms with van der Waals surface area (Å²) in [5, 5.41) is 5.93. The molecule has 0 saturated carbocycles. The van der Waals surface area contributed by atoms with Crippen LogP contribution in [0.15, 0.2) is 48.8 Å². The Morgan fingerprint density at radius 1 is 1.15 bits per heavy atom. The fourth-order valence-electron chi connectivity index (χ4n) is 5.05. The predicted octanol–water partition coefficient (Wildman–Crippen LogP) is 6.25. The van der Waals surface area contributed by atoms with E-state index in [2.05, 4.69) is 20.6 Å². The number of ether oxygens (including phenoxy) is 2. The van der Waals surface area contributed by atoms with Crippen molar-refractivity contribution in [3.8, 4) is 16.9 Å². The van der Waals surface area contributed by atoms with Crippen LogP contribution in [-0.2, 0) is 17.7 Å². The molecular weight excluding hydrogens is 528 g/mol. The first-order chi connectivity index (χ1) is 18.9. The summed E-state index contributed by atoms with van der Waals surface area (Å²) in [6.45, 7) is 9.21. The molecule has 4 aromatic rings. The van der Waals surface area contributed by atoms with Crippen molar-refractivity contribution < 1.29 is 19.1 Å². The van der Waals surface area contributed by atoms with E-state index in [1.54, 1.807) is 12.3 Å². The van der Waals surface area contributed by atoms with Gasteiger partial charge in [0.2, 0.25) is 0 Å². The van der Waals surface area contributed by atoms with Gasteiger partial charge in [-0.3, -0.25) is 4.79 Å². The van der Waals surface area contributed by atoms with Crippen LogP contribution in [0.3, 0.4) is 0 Å². The number of Topliss-reactive ketones (excluding diaryl/α,β-unsaturated/α-hetero) is 1. The van der Waals surface area contributed by atoms with Crippen molar-refractivity contribution in [2.24, 2.45) is 5.92 Å². The molecule has 1 aliphatic rings. The molecule has 2 aromatic carbocycles. The Labute approximate surface area is 239 Å². The number of likely N-dealkylation sites (N-methyl/N-ethyl adjacent to an activating group) is 1. The van der Waals surface area contributed by atoms with Gasteiger partial charge in [0.15, 0.2) is 5.78 Å². The van der Waals surface area contributed by atoms with Crippen LogP contribution >= 0.6 is 11.6 Å². The minimum absolute atomic E-state index is 0.0564. The quantitative estimate of drug-likeness (QED) is 0.259. The van der Waals surface area contributed by atoms with Gasteiger partial charge in [0.1, 0.15) is 11.4 Å². The number of ketones is 1. The van der Waals surface area contributed by atoms with Gasteiger partial charge in [-0.2, -0.15) is 9.78 Å². The number of carbonyl (C=O) groups excluding carboxylic acids is 2. The van der Waals surface area contributed by atoms with Crippen LogP contribution in [0, 0.1) is 12.8 Å². The third-order valence-corrected chi connectivity index (χ3v) is 7.26. The maximum atomic E-state index is 13.9. The summed E-state index contributed by atoms with van der Waals surface area (Å²) < 4.78 is 14.8. The van der Waals surface area contributed by atoms with Gasteiger partial charge in [0.05, 0.1) is 18.2 Å². The summed E-state index contributed by atoms with van der Waals surface area (Å²) in [5.74, 6) is 0.544. The molecule has 40 heavy (non-hydrogen) atoms. The molecule has 0 spiro atoms.